The summed E-state index contributed by atoms with van der Waals surface area (Å²) < 4.78 is 10.5. The molecule has 0 fully saturated rings. The number of ether oxygens (including phenoxy) is 2. The molecule has 0 saturated heterocycles. The molecule has 8 nitrogen and oxygen atoms in total. The van der Waals surface area contributed by atoms with Gasteiger partial charge in [0.25, 0.3) is 0 Å². The molecule has 140 valence electrons. The maximum Gasteiger partial charge on any atom is 0.321 e. The Kier molecular flexibility index (Phi) is 7.85. The minimum atomic E-state index is -1.61. The molecule has 0 aromatic rings. The molecular formula is C16H30N2O6. The number of carbonyl (C=O) groups is 3. The number of carbonyl (C=O) groups excluding carboxylic acids is 2. The summed E-state index contributed by atoms with van der Waals surface area (Å²) >= 11 is 0. The molecule has 0 spiro atoms. The smallest absolute Gasteiger partial charge is 0.321 e. The van der Waals surface area contributed by atoms with E-state index in [1.54, 1.807) is 41.5 Å². The Labute approximate surface area is 142 Å². The van der Waals surface area contributed by atoms with Crippen LogP contribution >= 0.6 is 0 Å². The van der Waals surface area contributed by atoms with Crippen molar-refractivity contribution in [2.24, 2.45) is 23.3 Å². The van der Waals surface area contributed by atoms with Crippen LogP contribution in [-0.2, 0) is 23.9 Å². The topological polar surface area (TPSA) is 142 Å². The van der Waals surface area contributed by atoms with Gasteiger partial charge in [-0.15, -0.1) is 0 Å². The normalized spacial score (nSPS) is 16.0. The van der Waals surface area contributed by atoms with Gasteiger partial charge in [-0.25, -0.2) is 0 Å². The van der Waals surface area contributed by atoms with Crippen LogP contribution in [0.15, 0.2) is 0 Å². The third kappa shape index (κ3) is 7.74. The Morgan fingerprint density at radius 2 is 1.38 bits per heavy atom. The van der Waals surface area contributed by atoms with Crippen LogP contribution in [-0.4, -0.2) is 46.8 Å². The fourth-order valence-corrected chi connectivity index (χ4v) is 2.09. The molecule has 0 aromatic heterocycles. The lowest BCUT2D eigenvalue weighted by Gasteiger charge is -2.31. The molecule has 0 aliphatic carbocycles. The van der Waals surface area contributed by atoms with Crippen LogP contribution in [0.1, 0.15) is 48.0 Å². The van der Waals surface area contributed by atoms with E-state index in [1.165, 1.54) is 0 Å². The van der Waals surface area contributed by atoms with E-state index in [4.69, 9.17) is 20.9 Å². The predicted octanol–water partition coefficient (Wildman–Crippen LogP) is 0.663. The zero-order valence-electron chi connectivity index (χ0n) is 15.3. The number of hydrogen-bond donors (Lipinski definition) is 3. The Morgan fingerprint density at radius 3 is 1.71 bits per heavy atom. The van der Waals surface area contributed by atoms with Crippen molar-refractivity contribution in [2.45, 2.75) is 65.2 Å². The van der Waals surface area contributed by atoms with E-state index in [0.29, 0.717) is 0 Å². The van der Waals surface area contributed by atoms with E-state index in [-0.39, 0.29) is 13.0 Å². The van der Waals surface area contributed by atoms with E-state index in [2.05, 4.69) is 0 Å². The van der Waals surface area contributed by atoms with Gasteiger partial charge >= 0.3 is 17.9 Å². The second-order valence-electron chi connectivity index (χ2n) is 7.64. The van der Waals surface area contributed by atoms with Crippen LogP contribution in [0.5, 0.6) is 0 Å². The summed E-state index contributed by atoms with van der Waals surface area (Å²) in [4.78, 5) is 36.2. The van der Waals surface area contributed by atoms with Crippen molar-refractivity contribution in [3.63, 3.8) is 0 Å². The Morgan fingerprint density at radius 1 is 0.958 bits per heavy atom. The fraction of sp³-hybridized carbons (Fsp3) is 0.812. The molecule has 0 bridgehead atoms. The van der Waals surface area contributed by atoms with E-state index < -0.39 is 47.0 Å². The summed E-state index contributed by atoms with van der Waals surface area (Å²) in [5.41, 5.74) is 9.54. The molecule has 0 amide bonds. The second-order valence-corrected chi connectivity index (χ2v) is 7.64. The fourth-order valence-electron chi connectivity index (χ4n) is 2.09. The summed E-state index contributed by atoms with van der Waals surface area (Å²) in [7, 11) is 0. The number of nitrogens with two attached hydrogens (primary N) is 2. The lowest BCUT2D eigenvalue weighted by Crippen LogP contribution is -2.51. The number of hydrogen-bond acceptors (Lipinski definition) is 7. The third-order valence-corrected chi connectivity index (χ3v) is 2.97. The zero-order chi connectivity index (χ0) is 19.3. The zero-order valence-corrected chi connectivity index (χ0v) is 15.3. The van der Waals surface area contributed by atoms with Crippen molar-refractivity contribution in [1.82, 2.24) is 0 Å². The van der Waals surface area contributed by atoms with Gasteiger partial charge in [0.2, 0.25) is 0 Å². The molecule has 0 radical (unpaired) electrons. The SMILES string of the molecule is CC(C)(C)OC(=O)C(CCN)C(C(=O)OC(C)(C)C)C(N)C(=O)O. The highest BCUT2D eigenvalue weighted by Crippen LogP contribution is 2.26. The van der Waals surface area contributed by atoms with Crippen LogP contribution in [0.2, 0.25) is 0 Å². The first kappa shape index (κ1) is 22.3. The Bertz CT molecular complexity index is 464. The average molecular weight is 346 g/mol. The molecule has 24 heavy (non-hydrogen) atoms. The van der Waals surface area contributed by atoms with Gasteiger partial charge in [0.05, 0.1) is 11.8 Å². The van der Waals surface area contributed by atoms with Gasteiger partial charge in [-0.05, 0) is 54.5 Å². The average Bonchev–Trinajstić information content (AvgIpc) is 2.33. The van der Waals surface area contributed by atoms with Crippen LogP contribution < -0.4 is 11.5 Å². The van der Waals surface area contributed by atoms with Gasteiger partial charge in [0.1, 0.15) is 17.2 Å². The van der Waals surface area contributed by atoms with Crippen LogP contribution in [0.3, 0.4) is 0 Å². The molecule has 0 aliphatic heterocycles. The van der Waals surface area contributed by atoms with Crippen molar-refractivity contribution >= 4 is 17.9 Å². The van der Waals surface area contributed by atoms with Crippen LogP contribution in [0, 0.1) is 11.8 Å². The van der Waals surface area contributed by atoms with Gasteiger partial charge in [0.15, 0.2) is 0 Å². The van der Waals surface area contributed by atoms with E-state index in [1.807, 2.05) is 0 Å². The highest BCUT2D eigenvalue weighted by Gasteiger charge is 2.44. The Hall–Kier alpha value is -1.67. The number of aliphatic carboxylic acids is 1. The van der Waals surface area contributed by atoms with Crippen molar-refractivity contribution in [2.75, 3.05) is 6.54 Å². The Balaban J connectivity index is 5.71. The number of carboxylic acid groups (broad SMARTS) is 1. The highest BCUT2D eigenvalue weighted by molar-refractivity contribution is 5.88. The van der Waals surface area contributed by atoms with Crippen LogP contribution in [0.4, 0.5) is 0 Å². The van der Waals surface area contributed by atoms with E-state index >= 15 is 0 Å². The second kappa shape index (κ2) is 8.43. The number of carboxylic acids is 1. The first-order valence-corrected chi connectivity index (χ1v) is 7.83. The third-order valence-electron chi connectivity index (χ3n) is 2.97. The molecule has 0 aromatic carbocycles. The first-order chi connectivity index (χ1) is 10.7. The van der Waals surface area contributed by atoms with Gasteiger partial charge in [-0.2, -0.15) is 0 Å². The molecular weight excluding hydrogens is 316 g/mol. The molecule has 0 saturated carbocycles. The summed E-state index contributed by atoms with van der Waals surface area (Å²) in [6, 6.07) is -1.61. The monoisotopic (exact) mass is 346 g/mol. The summed E-state index contributed by atoms with van der Waals surface area (Å²) in [5, 5.41) is 9.21. The number of rotatable bonds is 7. The maximum absolute atomic E-state index is 12.5. The maximum atomic E-state index is 12.5. The van der Waals surface area contributed by atoms with E-state index in [9.17, 15) is 19.5 Å². The quantitative estimate of drug-likeness (QED) is 0.571. The first-order valence-electron chi connectivity index (χ1n) is 7.83. The molecule has 0 rings (SSSR count). The molecule has 8 heteroatoms. The lowest BCUT2D eigenvalue weighted by atomic mass is 9.83. The summed E-state index contributed by atoms with van der Waals surface area (Å²) in [6.45, 7) is 9.99. The minimum absolute atomic E-state index is 0.0554. The molecule has 0 aliphatic rings. The van der Waals surface area contributed by atoms with Gasteiger partial charge in [0, 0.05) is 0 Å². The van der Waals surface area contributed by atoms with Gasteiger partial charge in [-0.1, -0.05) is 0 Å². The van der Waals surface area contributed by atoms with Crippen molar-refractivity contribution in [1.29, 1.82) is 0 Å². The van der Waals surface area contributed by atoms with Crippen molar-refractivity contribution in [3.05, 3.63) is 0 Å². The lowest BCUT2D eigenvalue weighted by molar-refractivity contribution is -0.176. The summed E-state index contributed by atoms with van der Waals surface area (Å²) in [6.07, 6.45) is 0.0554. The van der Waals surface area contributed by atoms with Crippen molar-refractivity contribution in [3.8, 4) is 0 Å². The standard InChI is InChI=1S/C16H30N2O6/c1-15(2,3)23-13(21)9(7-8-17)10(11(18)12(19)20)14(22)24-16(4,5)6/h9-11H,7-8,17-18H2,1-6H3,(H,19,20). The molecule has 3 atom stereocenters. The largest absolute Gasteiger partial charge is 0.480 e. The van der Waals surface area contributed by atoms with Crippen LogP contribution in [0.25, 0.3) is 0 Å². The van der Waals surface area contributed by atoms with E-state index in [0.717, 1.165) is 0 Å². The molecule has 3 unspecified atom stereocenters. The molecule has 0 heterocycles. The summed E-state index contributed by atoms with van der Waals surface area (Å²) in [5.74, 6) is -5.48. The van der Waals surface area contributed by atoms with Gasteiger partial charge < -0.3 is 26.0 Å². The predicted molar refractivity (Wildman–Crippen MR) is 88.0 cm³/mol. The minimum Gasteiger partial charge on any atom is -0.480 e. The number of esters is 2. The highest BCUT2D eigenvalue weighted by atomic mass is 16.6. The van der Waals surface area contributed by atoms with Crippen molar-refractivity contribution < 1.29 is 29.0 Å². The van der Waals surface area contributed by atoms with Gasteiger partial charge in [-0.3, -0.25) is 14.4 Å². The molecule has 5 N–H and O–H groups in total.